The zero-order chi connectivity index (χ0) is 14.5. The molecule has 0 bridgehead atoms. The van der Waals surface area contributed by atoms with Gasteiger partial charge >= 0.3 is 0 Å². The van der Waals surface area contributed by atoms with Crippen LogP contribution in [-0.4, -0.2) is 24.0 Å². The van der Waals surface area contributed by atoms with Crippen molar-refractivity contribution in [3.63, 3.8) is 0 Å². The van der Waals surface area contributed by atoms with E-state index in [1.807, 2.05) is 0 Å². The van der Waals surface area contributed by atoms with Gasteiger partial charge in [0.2, 0.25) is 0 Å². The fourth-order valence-corrected chi connectivity index (χ4v) is 3.37. The number of hydrogen-bond acceptors (Lipinski definition) is 2. The number of rotatable bonds is 5. The molecule has 0 aromatic heterocycles. The predicted octanol–water partition coefficient (Wildman–Crippen LogP) is 4.18. The highest BCUT2D eigenvalue weighted by atomic mass is 79.9. The molecule has 1 unspecified atom stereocenters. The zero-order valence-electron chi connectivity index (χ0n) is 13.0. The second kappa shape index (κ2) is 7.58. The van der Waals surface area contributed by atoms with Crippen molar-refractivity contribution in [1.29, 1.82) is 0 Å². The van der Waals surface area contributed by atoms with Crippen LogP contribution in [0.15, 0.2) is 22.7 Å². The van der Waals surface area contributed by atoms with Gasteiger partial charge in [-0.3, -0.25) is 4.90 Å². The van der Waals surface area contributed by atoms with Crippen LogP contribution in [0.2, 0.25) is 0 Å². The first-order valence-corrected chi connectivity index (χ1v) is 8.57. The molecule has 1 N–H and O–H groups in total. The molecule has 2 nitrogen and oxygen atoms in total. The number of piperidine rings is 1. The number of halogens is 1. The first-order chi connectivity index (χ1) is 9.54. The summed E-state index contributed by atoms with van der Waals surface area (Å²) in [6, 6.07) is 7.32. The monoisotopic (exact) mass is 338 g/mol. The minimum absolute atomic E-state index is 0.531. The Bertz CT molecular complexity index is 431. The number of nitrogens with zero attached hydrogens (tertiary/aromatic N) is 1. The third-order valence-electron chi connectivity index (χ3n) is 3.97. The van der Waals surface area contributed by atoms with E-state index in [-0.39, 0.29) is 0 Å². The Morgan fingerprint density at radius 1 is 1.40 bits per heavy atom. The third kappa shape index (κ3) is 4.87. The Morgan fingerprint density at radius 2 is 2.20 bits per heavy atom. The van der Waals surface area contributed by atoms with Crippen LogP contribution in [0, 0.1) is 5.92 Å². The quantitative estimate of drug-likeness (QED) is 0.866. The molecular formula is C17H27BrN2. The van der Waals surface area contributed by atoms with Gasteiger partial charge in [0, 0.05) is 30.1 Å². The largest absolute Gasteiger partial charge is 0.310 e. The Morgan fingerprint density at radius 3 is 2.85 bits per heavy atom. The maximum Gasteiger partial charge on any atom is 0.0245 e. The van der Waals surface area contributed by atoms with Gasteiger partial charge < -0.3 is 5.32 Å². The molecule has 0 spiro atoms. The SMILES string of the molecule is CC1CCCN(Cc2ccc(CNC(C)C)cc2Br)C1. The minimum atomic E-state index is 0.531. The smallest absolute Gasteiger partial charge is 0.0245 e. The fraction of sp³-hybridized carbons (Fsp3) is 0.647. The summed E-state index contributed by atoms with van der Waals surface area (Å²) in [6.45, 7) is 11.2. The molecule has 0 amide bonds. The summed E-state index contributed by atoms with van der Waals surface area (Å²) in [4.78, 5) is 2.58. The van der Waals surface area contributed by atoms with Crippen molar-refractivity contribution in [2.45, 2.75) is 52.7 Å². The second-order valence-corrected chi connectivity index (χ2v) is 7.30. The lowest BCUT2D eigenvalue weighted by Crippen LogP contribution is -2.33. The lowest BCUT2D eigenvalue weighted by atomic mass is 9.99. The van der Waals surface area contributed by atoms with Crippen LogP contribution >= 0.6 is 15.9 Å². The molecule has 1 aromatic rings. The summed E-state index contributed by atoms with van der Waals surface area (Å²) in [6.07, 6.45) is 2.73. The summed E-state index contributed by atoms with van der Waals surface area (Å²) in [7, 11) is 0. The number of benzene rings is 1. The van der Waals surface area contributed by atoms with Gasteiger partial charge in [-0.05, 0) is 42.5 Å². The second-order valence-electron chi connectivity index (χ2n) is 6.44. The van der Waals surface area contributed by atoms with Gasteiger partial charge in [-0.15, -0.1) is 0 Å². The van der Waals surface area contributed by atoms with Crippen molar-refractivity contribution in [3.8, 4) is 0 Å². The van der Waals surface area contributed by atoms with Crippen molar-refractivity contribution in [2.24, 2.45) is 5.92 Å². The molecule has 3 heteroatoms. The van der Waals surface area contributed by atoms with Crippen LogP contribution in [0.3, 0.4) is 0 Å². The van der Waals surface area contributed by atoms with E-state index in [4.69, 9.17) is 0 Å². The van der Waals surface area contributed by atoms with Gasteiger partial charge in [0.1, 0.15) is 0 Å². The average molecular weight is 339 g/mol. The van der Waals surface area contributed by atoms with E-state index in [0.29, 0.717) is 6.04 Å². The van der Waals surface area contributed by atoms with Crippen molar-refractivity contribution in [1.82, 2.24) is 10.2 Å². The fourth-order valence-electron chi connectivity index (χ4n) is 2.82. The number of nitrogens with one attached hydrogen (secondary N) is 1. The van der Waals surface area contributed by atoms with Crippen molar-refractivity contribution < 1.29 is 0 Å². The highest BCUT2D eigenvalue weighted by molar-refractivity contribution is 9.10. The zero-order valence-corrected chi connectivity index (χ0v) is 14.5. The molecule has 0 saturated carbocycles. The highest BCUT2D eigenvalue weighted by Crippen LogP contribution is 2.23. The molecule has 2 rings (SSSR count). The molecule has 0 radical (unpaired) electrons. The molecule has 1 aliphatic rings. The Balaban J connectivity index is 1.95. The lowest BCUT2D eigenvalue weighted by molar-refractivity contribution is 0.176. The van der Waals surface area contributed by atoms with E-state index in [1.54, 1.807) is 0 Å². The van der Waals surface area contributed by atoms with Gasteiger partial charge in [0.05, 0.1) is 0 Å². The van der Waals surface area contributed by atoms with Crippen LogP contribution in [-0.2, 0) is 13.1 Å². The molecule has 1 aromatic carbocycles. The van der Waals surface area contributed by atoms with Crippen molar-refractivity contribution in [3.05, 3.63) is 33.8 Å². The Hall–Kier alpha value is -0.380. The maximum atomic E-state index is 3.74. The van der Waals surface area contributed by atoms with Crippen LogP contribution in [0.1, 0.15) is 44.7 Å². The van der Waals surface area contributed by atoms with Crippen LogP contribution < -0.4 is 5.32 Å². The molecule has 1 atom stereocenters. The van der Waals surface area contributed by atoms with Crippen LogP contribution in [0.25, 0.3) is 0 Å². The first kappa shape index (κ1) is 16.0. The molecule has 1 aliphatic heterocycles. The highest BCUT2D eigenvalue weighted by Gasteiger charge is 2.17. The summed E-state index contributed by atoms with van der Waals surface area (Å²) in [5.74, 6) is 0.844. The standard InChI is InChI=1S/C17H27BrN2/c1-13(2)19-10-15-6-7-16(17(18)9-15)12-20-8-4-5-14(3)11-20/h6-7,9,13-14,19H,4-5,8,10-12H2,1-3H3. The third-order valence-corrected chi connectivity index (χ3v) is 4.71. The molecule has 1 saturated heterocycles. The number of hydrogen-bond donors (Lipinski definition) is 1. The minimum Gasteiger partial charge on any atom is -0.310 e. The van der Waals surface area contributed by atoms with Gasteiger partial charge in [0.15, 0.2) is 0 Å². The summed E-state index contributed by atoms with van der Waals surface area (Å²) in [5, 5.41) is 3.46. The predicted molar refractivity (Wildman–Crippen MR) is 89.8 cm³/mol. The van der Waals surface area contributed by atoms with Crippen molar-refractivity contribution in [2.75, 3.05) is 13.1 Å². The van der Waals surface area contributed by atoms with Gasteiger partial charge in [-0.1, -0.05) is 48.8 Å². The Labute approximate surface area is 132 Å². The maximum absolute atomic E-state index is 3.74. The molecule has 0 aliphatic carbocycles. The van der Waals surface area contributed by atoms with E-state index < -0.39 is 0 Å². The summed E-state index contributed by atoms with van der Waals surface area (Å²) in [5.41, 5.74) is 2.76. The molecule has 1 heterocycles. The van der Waals surface area contributed by atoms with Crippen LogP contribution in [0.5, 0.6) is 0 Å². The van der Waals surface area contributed by atoms with E-state index in [1.165, 1.54) is 41.5 Å². The average Bonchev–Trinajstić information content (AvgIpc) is 2.39. The van der Waals surface area contributed by atoms with Crippen LogP contribution in [0.4, 0.5) is 0 Å². The summed E-state index contributed by atoms with van der Waals surface area (Å²) >= 11 is 3.74. The molecule has 1 fully saturated rings. The lowest BCUT2D eigenvalue weighted by Gasteiger charge is -2.31. The molecule has 112 valence electrons. The number of likely N-dealkylation sites (tertiary alicyclic amines) is 1. The first-order valence-electron chi connectivity index (χ1n) is 7.77. The van der Waals surface area contributed by atoms with E-state index in [2.05, 4.69) is 65.1 Å². The van der Waals surface area contributed by atoms with Gasteiger partial charge in [0.25, 0.3) is 0 Å². The Kier molecular flexibility index (Phi) is 6.06. The van der Waals surface area contributed by atoms with Gasteiger partial charge in [-0.25, -0.2) is 0 Å². The normalized spacial score (nSPS) is 20.6. The topological polar surface area (TPSA) is 15.3 Å². The van der Waals surface area contributed by atoms with E-state index in [0.717, 1.165) is 19.0 Å². The summed E-state index contributed by atoms with van der Waals surface area (Å²) < 4.78 is 1.25. The van der Waals surface area contributed by atoms with E-state index in [9.17, 15) is 0 Å². The van der Waals surface area contributed by atoms with Gasteiger partial charge in [-0.2, -0.15) is 0 Å². The van der Waals surface area contributed by atoms with Crippen molar-refractivity contribution >= 4 is 15.9 Å². The van der Waals surface area contributed by atoms with E-state index >= 15 is 0 Å². The molecule has 20 heavy (non-hydrogen) atoms. The molecular weight excluding hydrogens is 312 g/mol.